The summed E-state index contributed by atoms with van der Waals surface area (Å²) in [4.78, 5) is 29.4. The number of aromatic nitrogens is 2. The highest BCUT2D eigenvalue weighted by Gasteiger charge is 2.39. The van der Waals surface area contributed by atoms with Crippen molar-refractivity contribution in [2.24, 2.45) is 0 Å². The lowest BCUT2D eigenvalue weighted by Gasteiger charge is -2.24. The molecular formula is C30H29FN4O3S2. The molecule has 2 aromatic carbocycles. The number of carbonyl (C=O) groups excluding carboxylic acids is 2. The van der Waals surface area contributed by atoms with Gasteiger partial charge >= 0.3 is 0 Å². The summed E-state index contributed by atoms with van der Waals surface area (Å²) in [6.07, 6.45) is 1.87. The fourth-order valence-electron chi connectivity index (χ4n) is 5.25. The maximum Gasteiger partial charge on any atom is 0.240 e. The number of ether oxygens (including phenoxy) is 1. The molecule has 206 valence electrons. The van der Waals surface area contributed by atoms with Crippen LogP contribution in [0.4, 0.5) is 10.2 Å². The van der Waals surface area contributed by atoms with Gasteiger partial charge in [0.05, 0.1) is 27.7 Å². The largest absolute Gasteiger partial charge is 0.376 e. The van der Waals surface area contributed by atoms with E-state index in [0.717, 1.165) is 34.5 Å². The SMILES string of the molecule is Cc1ccccc1-n1nc(-c2cccs2)c2c1N(CC(=O)NC[C@@H]1CCCO1)C(=O)CS[C@H]2c1ccccc1F. The van der Waals surface area contributed by atoms with Crippen LogP contribution in [0.15, 0.2) is 66.0 Å². The van der Waals surface area contributed by atoms with Crippen molar-refractivity contribution in [1.82, 2.24) is 15.1 Å². The molecule has 2 amide bonds. The third kappa shape index (κ3) is 5.18. The van der Waals surface area contributed by atoms with Crippen LogP contribution < -0.4 is 10.2 Å². The molecule has 7 nitrogen and oxygen atoms in total. The molecule has 0 aliphatic carbocycles. The number of thiophene rings is 1. The number of nitrogens with zero attached hydrogens (tertiary/aromatic N) is 3. The predicted octanol–water partition coefficient (Wildman–Crippen LogP) is 5.51. The number of thioether (sulfide) groups is 1. The molecule has 2 aromatic heterocycles. The average Bonchev–Trinajstić information content (AvgIpc) is 3.72. The van der Waals surface area contributed by atoms with Crippen molar-refractivity contribution in [2.75, 3.05) is 30.3 Å². The quantitative estimate of drug-likeness (QED) is 0.314. The molecule has 2 aliphatic heterocycles. The van der Waals surface area contributed by atoms with Gasteiger partial charge in [-0.15, -0.1) is 23.1 Å². The number of rotatable bonds is 7. The smallest absolute Gasteiger partial charge is 0.240 e. The summed E-state index contributed by atoms with van der Waals surface area (Å²) in [5, 5.41) is 9.47. The Balaban J connectivity index is 1.52. The number of benzene rings is 2. The molecule has 0 unspecified atom stereocenters. The van der Waals surface area contributed by atoms with Crippen molar-refractivity contribution in [2.45, 2.75) is 31.1 Å². The first kappa shape index (κ1) is 26.7. The number of fused-ring (bicyclic) bond motifs is 1. The zero-order valence-corrected chi connectivity index (χ0v) is 23.6. The normalized spacial score (nSPS) is 18.9. The number of hydrogen-bond acceptors (Lipinski definition) is 6. The lowest BCUT2D eigenvalue weighted by molar-refractivity contribution is -0.123. The van der Waals surface area contributed by atoms with Crippen LogP contribution in [0.25, 0.3) is 16.3 Å². The molecule has 0 saturated carbocycles. The van der Waals surface area contributed by atoms with Crippen LogP contribution in [-0.4, -0.2) is 53.1 Å². The molecule has 4 heterocycles. The molecule has 0 spiro atoms. The highest BCUT2D eigenvalue weighted by Crippen LogP contribution is 2.49. The second-order valence-electron chi connectivity index (χ2n) is 9.89. The Morgan fingerprint density at radius 1 is 1.15 bits per heavy atom. The number of amides is 2. The van der Waals surface area contributed by atoms with Gasteiger partial charge in [0.15, 0.2) is 0 Å². The van der Waals surface area contributed by atoms with Crippen LogP contribution in [0.1, 0.15) is 34.8 Å². The van der Waals surface area contributed by atoms with Gasteiger partial charge < -0.3 is 10.1 Å². The first-order chi connectivity index (χ1) is 19.5. The number of anilines is 1. The monoisotopic (exact) mass is 576 g/mol. The zero-order valence-electron chi connectivity index (χ0n) is 22.0. The van der Waals surface area contributed by atoms with E-state index in [0.29, 0.717) is 30.2 Å². The zero-order chi connectivity index (χ0) is 27.6. The highest BCUT2D eigenvalue weighted by atomic mass is 32.2. The number of aryl methyl sites for hydroxylation is 1. The summed E-state index contributed by atoms with van der Waals surface area (Å²) in [5.41, 5.74) is 3.62. The Labute approximate surface area is 240 Å². The summed E-state index contributed by atoms with van der Waals surface area (Å²) in [6.45, 7) is 2.90. The van der Waals surface area contributed by atoms with E-state index in [4.69, 9.17) is 9.84 Å². The molecule has 4 aromatic rings. The molecular weight excluding hydrogens is 547 g/mol. The lowest BCUT2D eigenvalue weighted by atomic mass is 10.0. The van der Waals surface area contributed by atoms with Gasteiger partial charge in [-0.3, -0.25) is 14.5 Å². The molecule has 0 bridgehead atoms. The first-order valence-corrected chi connectivity index (χ1v) is 15.2. The first-order valence-electron chi connectivity index (χ1n) is 13.3. The molecule has 1 saturated heterocycles. The molecule has 0 radical (unpaired) electrons. The van der Waals surface area contributed by atoms with Crippen molar-refractivity contribution in [3.63, 3.8) is 0 Å². The molecule has 1 N–H and O–H groups in total. The van der Waals surface area contributed by atoms with Gasteiger partial charge in [0.25, 0.3) is 0 Å². The minimum Gasteiger partial charge on any atom is -0.376 e. The number of hydrogen-bond donors (Lipinski definition) is 1. The second-order valence-corrected chi connectivity index (χ2v) is 11.9. The maximum atomic E-state index is 15.3. The van der Waals surface area contributed by atoms with Crippen molar-refractivity contribution >= 4 is 40.7 Å². The van der Waals surface area contributed by atoms with E-state index in [1.54, 1.807) is 22.9 Å². The number of nitrogens with one attached hydrogen (secondary N) is 1. The van der Waals surface area contributed by atoms with E-state index < -0.39 is 5.25 Å². The topological polar surface area (TPSA) is 76.5 Å². The number of para-hydroxylation sites is 1. The molecule has 10 heteroatoms. The Hall–Kier alpha value is -3.47. The van der Waals surface area contributed by atoms with Gasteiger partial charge in [0.2, 0.25) is 11.8 Å². The molecule has 6 rings (SSSR count). The third-order valence-corrected chi connectivity index (χ3v) is 9.34. The Bertz CT molecular complexity index is 1530. The number of halogens is 1. The summed E-state index contributed by atoms with van der Waals surface area (Å²) in [5.74, 6) is -0.274. The van der Waals surface area contributed by atoms with Crippen LogP contribution >= 0.6 is 23.1 Å². The molecule has 2 atom stereocenters. The van der Waals surface area contributed by atoms with Crippen LogP contribution in [0, 0.1) is 12.7 Å². The fraction of sp³-hybridized carbons (Fsp3) is 0.300. The van der Waals surface area contributed by atoms with Crippen LogP contribution in [0.2, 0.25) is 0 Å². The average molecular weight is 577 g/mol. The Morgan fingerprint density at radius 2 is 1.98 bits per heavy atom. The van der Waals surface area contributed by atoms with Crippen LogP contribution in [-0.2, 0) is 14.3 Å². The molecule has 1 fully saturated rings. The van der Waals surface area contributed by atoms with Crippen molar-refractivity contribution in [1.29, 1.82) is 0 Å². The minimum atomic E-state index is -0.505. The minimum absolute atomic E-state index is 0.0109. The highest BCUT2D eigenvalue weighted by molar-refractivity contribution is 8.00. The van der Waals surface area contributed by atoms with Crippen LogP contribution in [0.3, 0.4) is 0 Å². The standard InChI is InChI=1S/C30H29FN4O3S2/c1-19-8-2-5-12-23(19)35-30-27(28(33-35)24-13-7-15-39-24)29(21-10-3-4-11-22(21)31)40-18-26(37)34(30)17-25(36)32-16-20-9-6-14-38-20/h2-5,7-8,10-13,15,20,29H,6,9,14,16-18H2,1H3,(H,32,36)/t20-,29-/m0/s1. The fourth-order valence-corrected chi connectivity index (χ4v) is 7.19. The van der Waals surface area contributed by atoms with Crippen molar-refractivity contribution in [3.8, 4) is 16.3 Å². The van der Waals surface area contributed by atoms with E-state index >= 15 is 4.39 Å². The van der Waals surface area contributed by atoms with E-state index in [1.807, 2.05) is 48.7 Å². The van der Waals surface area contributed by atoms with Crippen molar-refractivity contribution in [3.05, 3.63) is 88.6 Å². The van der Waals surface area contributed by atoms with Gasteiger partial charge in [0, 0.05) is 24.3 Å². The Kier molecular flexibility index (Phi) is 7.73. The summed E-state index contributed by atoms with van der Waals surface area (Å²) in [7, 11) is 0. The predicted molar refractivity (Wildman–Crippen MR) is 157 cm³/mol. The summed E-state index contributed by atoms with van der Waals surface area (Å²) >= 11 is 2.89. The molecule has 40 heavy (non-hydrogen) atoms. The van der Waals surface area contributed by atoms with E-state index in [9.17, 15) is 9.59 Å². The van der Waals surface area contributed by atoms with E-state index in [1.165, 1.54) is 34.1 Å². The van der Waals surface area contributed by atoms with E-state index in [2.05, 4.69) is 5.32 Å². The van der Waals surface area contributed by atoms with Gasteiger partial charge in [-0.25, -0.2) is 9.07 Å². The van der Waals surface area contributed by atoms with Gasteiger partial charge in [0.1, 0.15) is 23.9 Å². The third-order valence-electron chi connectivity index (χ3n) is 7.23. The van der Waals surface area contributed by atoms with Crippen LogP contribution in [0.5, 0.6) is 0 Å². The Morgan fingerprint density at radius 3 is 2.73 bits per heavy atom. The summed E-state index contributed by atoms with van der Waals surface area (Å²) in [6, 6.07) is 18.4. The van der Waals surface area contributed by atoms with Gasteiger partial charge in [-0.2, -0.15) is 5.10 Å². The number of carbonyl (C=O) groups is 2. The van der Waals surface area contributed by atoms with Gasteiger partial charge in [-0.1, -0.05) is 42.5 Å². The second kappa shape index (κ2) is 11.6. The molecule has 2 aliphatic rings. The van der Waals surface area contributed by atoms with E-state index in [-0.39, 0.29) is 36.0 Å². The maximum absolute atomic E-state index is 15.3. The van der Waals surface area contributed by atoms with Crippen molar-refractivity contribution < 1.29 is 18.7 Å². The van der Waals surface area contributed by atoms with Gasteiger partial charge in [-0.05, 0) is 48.9 Å². The lowest BCUT2D eigenvalue weighted by Crippen LogP contribution is -2.44. The summed E-state index contributed by atoms with van der Waals surface area (Å²) < 4.78 is 22.7.